The molecule has 0 amide bonds. The van der Waals surface area contributed by atoms with Crippen LogP contribution in [0.15, 0.2) is 23.1 Å². The minimum absolute atomic E-state index is 0.0112. The van der Waals surface area contributed by atoms with Gasteiger partial charge in [-0.3, -0.25) is 9.69 Å². The van der Waals surface area contributed by atoms with Gasteiger partial charge in [0.25, 0.3) is 0 Å². The van der Waals surface area contributed by atoms with Gasteiger partial charge in [-0.05, 0) is 19.1 Å². The van der Waals surface area contributed by atoms with Gasteiger partial charge in [0.1, 0.15) is 42.0 Å². The van der Waals surface area contributed by atoms with Crippen molar-refractivity contribution in [2.75, 3.05) is 37.7 Å². The molecule has 0 bridgehead atoms. The second kappa shape index (κ2) is 9.56. The summed E-state index contributed by atoms with van der Waals surface area (Å²) in [4.78, 5) is 27.5. The van der Waals surface area contributed by atoms with Gasteiger partial charge in [0.15, 0.2) is 0 Å². The zero-order valence-corrected chi connectivity index (χ0v) is 18.5. The SMILES string of the molecule is CCn1cc(C(=O)O)c(=O)c2cc(F)c(N3CCN([C@@H]4O[C@H](CO)[C@H](O)[C@H](O)[C@H]4O)CC3)cc21. The third-order valence-corrected chi connectivity index (χ3v) is 6.60. The molecule has 5 atom stereocenters. The molecule has 2 aliphatic rings. The Morgan fingerprint density at radius 1 is 1.12 bits per heavy atom. The maximum atomic E-state index is 15.1. The van der Waals surface area contributed by atoms with Crippen molar-refractivity contribution in [1.82, 2.24) is 9.47 Å². The number of carboxylic acid groups (broad SMARTS) is 1. The standard InChI is InChI=1S/C22H28FN3O8/c1-2-24-9-12(22(32)33)17(28)11-7-13(23)15(8-14(11)24)25-3-5-26(6-4-25)21-20(31)19(30)18(29)16(10-27)34-21/h7-9,16,18-21,27,29-31H,2-6,10H2,1H3,(H,32,33)/t16-,18+,19+,20-,21-/m1/s1. The number of anilines is 1. The van der Waals surface area contributed by atoms with E-state index in [1.165, 1.54) is 12.3 Å². The predicted molar refractivity (Wildman–Crippen MR) is 118 cm³/mol. The summed E-state index contributed by atoms with van der Waals surface area (Å²) in [6.45, 7) is 2.98. The number of aromatic carboxylic acids is 1. The molecule has 1 aromatic carbocycles. The fraction of sp³-hybridized carbons (Fsp3) is 0.545. The molecule has 2 aromatic rings. The van der Waals surface area contributed by atoms with Crippen LogP contribution in [0.25, 0.3) is 10.9 Å². The molecule has 4 rings (SSSR count). The molecule has 0 radical (unpaired) electrons. The van der Waals surface area contributed by atoms with Gasteiger partial charge < -0.3 is 39.7 Å². The second-order valence-electron chi connectivity index (χ2n) is 8.53. The van der Waals surface area contributed by atoms with Crippen LogP contribution in [0.5, 0.6) is 0 Å². The molecule has 2 saturated heterocycles. The van der Waals surface area contributed by atoms with Gasteiger partial charge in [-0.15, -0.1) is 0 Å². The Hall–Kier alpha value is -2.61. The smallest absolute Gasteiger partial charge is 0.341 e. The minimum Gasteiger partial charge on any atom is -0.477 e. The zero-order valence-electron chi connectivity index (χ0n) is 18.5. The lowest BCUT2D eigenvalue weighted by molar-refractivity contribution is -0.265. The highest BCUT2D eigenvalue weighted by atomic mass is 19.1. The molecule has 186 valence electrons. The number of aryl methyl sites for hydroxylation is 1. The molecule has 5 N–H and O–H groups in total. The van der Waals surface area contributed by atoms with Crippen LogP contribution < -0.4 is 10.3 Å². The van der Waals surface area contributed by atoms with E-state index in [4.69, 9.17) is 4.74 Å². The Morgan fingerprint density at radius 2 is 1.79 bits per heavy atom. The van der Waals surface area contributed by atoms with Crippen molar-refractivity contribution in [2.45, 2.75) is 44.1 Å². The molecule has 0 aliphatic carbocycles. The summed E-state index contributed by atoms with van der Waals surface area (Å²) < 4.78 is 22.2. The van der Waals surface area contributed by atoms with Crippen molar-refractivity contribution in [3.8, 4) is 0 Å². The van der Waals surface area contributed by atoms with E-state index < -0.39 is 60.0 Å². The first-order valence-electron chi connectivity index (χ1n) is 11.1. The molecular weight excluding hydrogens is 453 g/mol. The maximum absolute atomic E-state index is 15.1. The highest BCUT2D eigenvalue weighted by molar-refractivity contribution is 5.93. The third kappa shape index (κ3) is 4.17. The fourth-order valence-corrected chi connectivity index (χ4v) is 4.66. The maximum Gasteiger partial charge on any atom is 0.341 e. The third-order valence-electron chi connectivity index (χ3n) is 6.60. The predicted octanol–water partition coefficient (Wildman–Crippen LogP) is -1.22. The Balaban J connectivity index is 1.58. The van der Waals surface area contributed by atoms with Gasteiger partial charge >= 0.3 is 5.97 Å². The summed E-state index contributed by atoms with van der Waals surface area (Å²) >= 11 is 0. The molecule has 0 saturated carbocycles. The van der Waals surface area contributed by atoms with Gasteiger partial charge in [-0.25, -0.2) is 9.18 Å². The first kappa shape index (κ1) is 24.5. The van der Waals surface area contributed by atoms with Crippen molar-refractivity contribution in [1.29, 1.82) is 0 Å². The second-order valence-corrected chi connectivity index (χ2v) is 8.53. The largest absolute Gasteiger partial charge is 0.477 e. The molecule has 0 unspecified atom stereocenters. The Bertz CT molecular complexity index is 1130. The summed E-state index contributed by atoms with van der Waals surface area (Å²) in [5.74, 6) is -2.03. The lowest BCUT2D eigenvalue weighted by Crippen LogP contribution is -2.65. The number of hydrogen-bond donors (Lipinski definition) is 5. The summed E-state index contributed by atoms with van der Waals surface area (Å²) in [6, 6.07) is 2.60. The lowest BCUT2D eigenvalue weighted by atomic mass is 9.97. The summed E-state index contributed by atoms with van der Waals surface area (Å²) in [7, 11) is 0. The van der Waals surface area contributed by atoms with Crippen LogP contribution in [0.3, 0.4) is 0 Å². The van der Waals surface area contributed by atoms with Gasteiger partial charge in [0, 0.05) is 44.3 Å². The number of benzene rings is 1. The fourth-order valence-electron chi connectivity index (χ4n) is 4.66. The molecule has 11 nitrogen and oxygen atoms in total. The van der Waals surface area contributed by atoms with E-state index in [2.05, 4.69) is 0 Å². The quantitative estimate of drug-likeness (QED) is 0.351. The number of carbonyl (C=O) groups is 1. The molecular formula is C22H28FN3O8. The number of ether oxygens (including phenoxy) is 1. The number of pyridine rings is 1. The van der Waals surface area contributed by atoms with Crippen LogP contribution in [0.2, 0.25) is 0 Å². The normalized spacial score (nSPS) is 28.4. The minimum atomic E-state index is -1.48. The van der Waals surface area contributed by atoms with Crippen LogP contribution in [-0.2, 0) is 11.3 Å². The number of piperazine rings is 1. The van der Waals surface area contributed by atoms with E-state index in [-0.39, 0.29) is 11.1 Å². The number of hydrogen-bond acceptors (Lipinski definition) is 9. The van der Waals surface area contributed by atoms with Gasteiger partial charge in [0.05, 0.1) is 17.8 Å². The molecule has 0 spiro atoms. The van der Waals surface area contributed by atoms with Crippen LogP contribution in [0, 0.1) is 5.82 Å². The topological polar surface area (TPSA) is 156 Å². The van der Waals surface area contributed by atoms with Crippen LogP contribution in [0.4, 0.5) is 10.1 Å². The number of aromatic nitrogens is 1. The highest BCUT2D eigenvalue weighted by Crippen LogP contribution is 2.29. The Morgan fingerprint density at radius 3 is 2.38 bits per heavy atom. The van der Waals surface area contributed by atoms with Crippen molar-refractivity contribution < 1.29 is 39.5 Å². The van der Waals surface area contributed by atoms with E-state index in [0.29, 0.717) is 38.2 Å². The van der Waals surface area contributed by atoms with Crippen molar-refractivity contribution in [2.24, 2.45) is 0 Å². The molecule has 3 heterocycles. The summed E-state index contributed by atoms with van der Waals surface area (Å²) in [6.07, 6.45) is -5.01. The van der Waals surface area contributed by atoms with Crippen molar-refractivity contribution >= 4 is 22.6 Å². The first-order valence-corrected chi connectivity index (χ1v) is 11.1. The van der Waals surface area contributed by atoms with Gasteiger partial charge in [-0.1, -0.05) is 0 Å². The number of rotatable bonds is 5. The van der Waals surface area contributed by atoms with E-state index in [0.717, 1.165) is 6.07 Å². The number of nitrogens with zero attached hydrogens (tertiary/aromatic N) is 3. The average molecular weight is 481 g/mol. The van der Waals surface area contributed by atoms with Gasteiger partial charge in [-0.2, -0.15) is 0 Å². The zero-order chi connectivity index (χ0) is 24.7. The molecule has 2 fully saturated rings. The Kier molecular flexibility index (Phi) is 6.90. The van der Waals surface area contributed by atoms with E-state index in [1.807, 2.05) is 0 Å². The van der Waals surface area contributed by atoms with Gasteiger partial charge in [0.2, 0.25) is 5.43 Å². The number of carboxylic acids is 1. The number of halogens is 1. The molecule has 2 aliphatic heterocycles. The number of aliphatic hydroxyl groups is 4. The molecule has 1 aromatic heterocycles. The van der Waals surface area contributed by atoms with E-state index >= 15 is 4.39 Å². The van der Waals surface area contributed by atoms with Crippen LogP contribution in [-0.4, -0.2) is 104 Å². The van der Waals surface area contributed by atoms with E-state index in [1.54, 1.807) is 21.3 Å². The molecule has 12 heteroatoms. The van der Waals surface area contributed by atoms with E-state index in [9.17, 15) is 35.1 Å². The number of fused-ring (bicyclic) bond motifs is 1. The molecule has 34 heavy (non-hydrogen) atoms. The number of aliphatic hydroxyl groups excluding tert-OH is 4. The monoisotopic (exact) mass is 481 g/mol. The van der Waals surface area contributed by atoms with Crippen LogP contribution in [0.1, 0.15) is 17.3 Å². The van der Waals surface area contributed by atoms with Crippen molar-refractivity contribution in [3.63, 3.8) is 0 Å². The first-order chi connectivity index (χ1) is 16.2. The summed E-state index contributed by atoms with van der Waals surface area (Å²) in [5.41, 5.74) is -0.490. The Labute approximate surface area is 193 Å². The summed E-state index contributed by atoms with van der Waals surface area (Å²) in [5, 5.41) is 49.1. The van der Waals surface area contributed by atoms with Crippen molar-refractivity contribution in [3.05, 3.63) is 39.9 Å². The highest BCUT2D eigenvalue weighted by Gasteiger charge is 2.46. The lowest BCUT2D eigenvalue weighted by Gasteiger charge is -2.47. The average Bonchev–Trinajstić information content (AvgIpc) is 2.83. The van der Waals surface area contributed by atoms with Crippen LogP contribution >= 0.6 is 0 Å².